The molecule has 0 atom stereocenters. The van der Waals surface area contributed by atoms with Gasteiger partial charge in [-0.25, -0.2) is 36.0 Å². The van der Waals surface area contributed by atoms with E-state index in [9.17, 15) is 45.1 Å². The van der Waals surface area contributed by atoms with Crippen LogP contribution in [-0.2, 0) is 39.2 Å². The standard InChI is InChI=1S/2C32H50O7S.Ca/c2*1-3-5-7-9-11-13-15-17-19-21-26-38-31(33)28-24-23-25-29(40(35,36)37)30(28)32(34)39-27-22-20-18-16-14-12-10-8-6-4-2;/h2*3-4,23-25H,1-2,5-22,26-27H2,(H,35,36,37);/q;;+2/p-2. The van der Waals surface area contributed by atoms with Crippen LogP contribution < -0.4 is 0 Å². The van der Waals surface area contributed by atoms with Crippen LogP contribution in [0.4, 0.5) is 0 Å². The molecule has 0 amide bonds. The Morgan fingerprint density at radius 3 is 0.741 bits per heavy atom. The Balaban J connectivity index is 0.00000156. The van der Waals surface area contributed by atoms with Gasteiger partial charge in [0.25, 0.3) is 0 Å². The summed E-state index contributed by atoms with van der Waals surface area (Å²) >= 11 is 0. The average Bonchev–Trinajstić information content (AvgIpc) is 3.45. The second-order valence-corrected chi connectivity index (χ2v) is 23.1. The second-order valence-electron chi connectivity index (χ2n) is 20.4. The molecule has 17 heteroatoms. The predicted molar refractivity (Wildman–Crippen MR) is 323 cm³/mol. The first kappa shape index (κ1) is 77.4. The summed E-state index contributed by atoms with van der Waals surface area (Å²) < 4.78 is 92.1. The van der Waals surface area contributed by atoms with Crippen molar-refractivity contribution in [3.63, 3.8) is 0 Å². The maximum absolute atomic E-state index is 12.8. The maximum atomic E-state index is 12.8. The van der Waals surface area contributed by atoms with Gasteiger partial charge in [0.15, 0.2) is 0 Å². The van der Waals surface area contributed by atoms with E-state index in [0.29, 0.717) is 25.7 Å². The number of carbonyl (C=O) groups excluding carboxylic acids is 4. The summed E-state index contributed by atoms with van der Waals surface area (Å²) in [5.74, 6) is -3.69. The molecule has 0 saturated heterocycles. The first-order valence-corrected chi connectivity index (χ1v) is 32.8. The molecular formula is C64H98CaO14S2. The molecule has 0 spiro atoms. The van der Waals surface area contributed by atoms with Gasteiger partial charge in [0.2, 0.25) is 0 Å². The third-order valence-corrected chi connectivity index (χ3v) is 15.3. The van der Waals surface area contributed by atoms with Gasteiger partial charge in [-0.1, -0.05) is 191 Å². The van der Waals surface area contributed by atoms with Crippen molar-refractivity contribution < 1.29 is 64.1 Å². The normalized spacial score (nSPS) is 11.1. The monoisotopic (exact) mass is 1190 g/mol. The molecule has 2 aromatic carbocycles. The molecule has 0 heterocycles. The van der Waals surface area contributed by atoms with Gasteiger partial charge in [0.1, 0.15) is 20.2 Å². The van der Waals surface area contributed by atoms with Gasteiger partial charge >= 0.3 is 61.6 Å². The summed E-state index contributed by atoms with van der Waals surface area (Å²) in [6.07, 6.45) is 45.7. The maximum Gasteiger partial charge on any atom is 2.00 e. The van der Waals surface area contributed by atoms with E-state index < -0.39 is 65.0 Å². The molecule has 2 rings (SSSR count). The Labute approximate surface area is 518 Å². The van der Waals surface area contributed by atoms with Crippen molar-refractivity contribution in [2.24, 2.45) is 0 Å². The van der Waals surface area contributed by atoms with E-state index in [-0.39, 0.29) is 75.3 Å². The zero-order valence-electron chi connectivity index (χ0n) is 49.1. The molecule has 2 aromatic rings. The van der Waals surface area contributed by atoms with E-state index in [1.54, 1.807) is 0 Å². The van der Waals surface area contributed by atoms with Crippen molar-refractivity contribution >= 4 is 81.9 Å². The SMILES string of the molecule is C=CCCCCCCCCCCOC(=O)c1cccc(S(=O)(=O)[O-])c1C(=O)OCCCCCCCCCCC=C.C=CCCCCCCCCCCOC(=O)c1cccc(S(=O)(=O)[O-])c1C(=O)OCCCCCCCCCCC=C.[Ca+2]. The van der Waals surface area contributed by atoms with Crippen molar-refractivity contribution in [1.82, 2.24) is 0 Å². The molecule has 0 unspecified atom stereocenters. The van der Waals surface area contributed by atoms with Gasteiger partial charge in [-0.05, 0) is 101 Å². The Morgan fingerprint density at radius 2 is 0.531 bits per heavy atom. The molecule has 0 aliphatic rings. The molecule has 0 aromatic heterocycles. The summed E-state index contributed by atoms with van der Waals surface area (Å²) in [4.78, 5) is 49.6. The number of hydrogen-bond acceptors (Lipinski definition) is 14. The van der Waals surface area contributed by atoms with Crippen LogP contribution in [0.25, 0.3) is 0 Å². The van der Waals surface area contributed by atoms with Gasteiger partial charge in [0.05, 0.1) is 58.5 Å². The molecule has 0 fully saturated rings. The van der Waals surface area contributed by atoms with Crippen LogP contribution in [0, 0.1) is 0 Å². The topological polar surface area (TPSA) is 220 Å². The second kappa shape index (κ2) is 50.8. The van der Waals surface area contributed by atoms with Crippen molar-refractivity contribution in [1.29, 1.82) is 0 Å². The minimum atomic E-state index is -5.00. The number of ether oxygens (including phenoxy) is 4. The quantitative estimate of drug-likeness (QED) is 0.0150. The largest absolute Gasteiger partial charge is 2.00 e. The fraction of sp³-hybridized carbons (Fsp3) is 0.625. The summed E-state index contributed by atoms with van der Waals surface area (Å²) in [5.41, 5.74) is -1.62. The number of esters is 4. The fourth-order valence-electron chi connectivity index (χ4n) is 9.01. The van der Waals surface area contributed by atoms with Crippen molar-refractivity contribution in [2.45, 2.75) is 241 Å². The number of rotatable bonds is 50. The first-order valence-electron chi connectivity index (χ1n) is 29.9. The molecule has 0 aliphatic heterocycles. The number of hydrogen-bond donors (Lipinski definition) is 0. The van der Waals surface area contributed by atoms with Crippen LogP contribution in [0.15, 0.2) is 96.8 Å². The van der Waals surface area contributed by atoms with Gasteiger partial charge in [-0.2, -0.15) is 0 Å². The number of carbonyl (C=O) groups is 4. The molecule has 81 heavy (non-hydrogen) atoms. The van der Waals surface area contributed by atoms with Crippen LogP contribution >= 0.6 is 0 Å². The third kappa shape index (κ3) is 38.8. The third-order valence-electron chi connectivity index (χ3n) is 13.6. The summed E-state index contributed by atoms with van der Waals surface area (Å²) in [5, 5.41) is 0. The van der Waals surface area contributed by atoms with E-state index in [0.717, 1.165) is 128 Å². The van der Waals surface area contributed by atoms with Crippen LogP contribution in [0.3, 0.4) is 0 Å². The van der Waals surface area contributed by atoms with Gasteiger partial charge in [0, 0.05) is 0 Å². The zero-order chi connectivity index (χ0) is 59.0. The fourth-order valence-corrected chi connectivity index (χ4v) is 10.4. The van der Waals surface area contributed by atoms with E-state index in [2.05, 4.69) is 26.3 Å². The van der Waals surface area contributed by atoms with E-state index in [4.69, 9.17) is 18.9 Å². The summed E-state index contributed by atoms with van der Waals surface area (Å²) in [6, 6.07) is 7.11. The molecule has 0 N–H and O–H groups in total. The van der Waals surface area contributed by atoms with Crippen LogP contribution in [-0.4, -0.2) is 114 Å². The Kier molecular flexibility index (Phi) is 48.6. The van der Waals surface area contributed by atoms with Crippen LogP contribution in [0.1, 0.15) is 273 Å². The molecule has 14 nitrogen and oxygen atoms in total. The van der Waals surface area contributed by atoms with Crippen molar-refractivity contribution in [3.8, 4) is 0 Å². The van der Waals surface area contributed by atoms with Gasteiger partial charge in [-0.15, -0.1) is 26.3 Å². The van der Waals surface area contributed by atoms with Gasteiger partial charge in [-0.3, -0.25) is 0 Å². The number of benzene rings is 2. The molecule has 0 radical (unpaired) electrons. The Hall–Kier alpha value is -3.64. The zero-order valence-corrected chi connectivity index (χ0v) is 53.0. The minimum Gasteiger partial charge on any atom is -0.744 e. The number of unbranched alkanes of at least 4 members (excludes halogenated alkanes) is 32. The number of allylic oxidation sites excluding steroid dienone is 4. The molecule has 0 bridgehead atoms. The predicted octanol–water partition coefficient (Wildman–Crippen LogP) is 16.2. The van der Waals surface area contributed by atoms with E-state index in [1.165, 1.54) is 114 Å². The molecule has 452 valence electrons. The summed E-state index contributed by atoms with van der Waals surface area (Å²) in [6.45, 7) is 15.4. The van der Waals surface area contributed by atoms with Crippen LogP contribution in [0.5, 0.6) is 0 Å². The summed E-state index contributed by atoms with van der Waals surface area (Å²) in [7, 11) is -10.0. The van der Waals surface area contributed by atoms with E-state index >= 15 is 0 Å². The van der Waals surface area contributed by atoms with Gasteiger partial charge < -0.3 is 28.1 Å². The smallest absolute Gasteiger partial charge is 0.744 e. The van der Waals surface area contributed by atoms with Crippen molar-refractivity contribution in [2.75, 3.05) is 26.4 Å². The van der Waals surface area contributed by atoms with Crippen molar-refractivity contribution in [3.05, 3.63) is 109 Å². The Morgan fingerprint density at radius 1 is 0.333 bits per heavy atom. The molecular weight excluding hydrogens is 1100 g/mol. The molecule has 0 saturated carbocycles. The Bertz CT molecular complexity index is 2140. The van der Waals surface area contributed by atoms with E-state index in [1.807, 2.05) is 24.3 Å². The minimum absolute atomic E-state index is 0. The molecule has 0 aliphatic carbocycles. The van der Waals surface area contributed by atoms with Crippen LogP contribution in [0.2, 0.25) is 0 Å². The first-order chi connectivity index (χ1) is 38.6. The average molecular weight is 1200 g/mol.